The summed E-state index contributed by atoms with van der Waals surface area (Å²) in [5.41, 5.74) is 1.20. The maximum absolute atomic E-state index is 12.9. The predicted molar refractivity (Wildman–Crippen MR) is 115 cm³/mol. The summed E-state index contributed by atoms with van der Waals surface area (Å²) in [6, 6.07) is 7.71. The number of aromatic nitrogens is 3. The number of nitrogens with one attached hydrogen (secondary N) is 1. The molecule has 0 saturated carbocycles. The molecule has 0 radical (unpaired) electrons. The number of nitrogens with zero attached hydrogens (tertiary/aromatic N) is 5. The number of piperidine rings is 1. The second kappa shape index (κ2) is 7.29. The van der Waals surface area contributed by atoms with Gasteiger partial charge in [-0.2, -0.15) is 0 Å². The normalized spacial score (nSPS) is 16.6. The number of amides is 1. The van der Waals surface area contributed by atoms with Gasteiger partial charge in [0.25, 0.3) is 5.56 Å². The zero-order valence-electron chi connectivity index (χ0n) is 17.5. The van der Waals surface area contributed by atoms with Crippen molar-refractivity contribution in [2.24, 2.45) is 14.1 Å². The van der Waals surface area contributed by atoms with Crippen LogP contribution in [0, 0.1) is 0 Å². The Kier molecular flexibility index (Phi) is 4.57. The Balaban J connectivity index is 1.26. The van der Waals surface area contributed by atoms with Crippen LogP contribution in [0.3, 0.4) is 0 Å². The molecule has 4 heterocycles. The number of para-hydroxylation sites is 2. The topological polar surface area (TPSA) is 106 Å². The van der Waals surface area contributed by atoms with Gasteiger partial charge >= 0.3 is 5.69 Å². The van der Waals surface area contributed by atoms with E-state index in [2.05, 4.69) is 10.3 Å². The van der Waals surface area contributed by atoms with E-state index in [1.807, 2.05) is 29.2 Å². The largest absolute Gasteiger partial charge is 0.440 e. The van der Waals surface area contributed by atoms with Crippen LogP contribution in [0.25, 0.3) is 11.1 Å². The van der Waals surface area contributed by atoms with Gasteiger partial charge in [0.2, 0.25) is 5.91 Å². The number of hydrogen-bond acceptors (Lipinski definition) is 7. The van der Waals surface area contributed by atoms with Crippen molar-refractivity contribution in [3.8, 4) is 0 Å². The monoisotopic (exact) mass is 424 g/mol. The van der Waals surface area contributed by atoms with Crippen LogP contribution in [0.15, 0.2) is 38.3 Å². The van der Waals surface area contributed by atoms with Gasteiger partial charge in [-0.05, 0) is 25.0 Å². The third-order valence-electron chi connectivity index (χ3n) is 6.23. The Morgan fingerprint density at radius 2 is 1.90 bits per heavy atom. The van der Waals surface area contributed by atoms with E-state index in [0.717, 1.165) is 34.4 Å². The SMILES string of the molecule is Cn1c2c(c(=O)n(C)c1=O)N(CC(=O)N1CCC(c3nc4ccccc4o3)CC1)CN2. The molecule has 10 heteroatoms. The zero-order valence-corrected chi connectivity index (χ0v) is 17.5. The van der Waals surface area contributed by atoms with Gasteiger partial charge < -0.3 is 19.5 Å². The number of carbonyl (C=O) groups excluding carboxylic acids is 1. The van der Waals surface area contributed by atoms with E-state index in [4.69, 9.17) is 4.42 Å². The third kappa shape index (κ3) is 3.18. The molecule has 0 unspecified atom stereocenters. The molecule has 0 aliphatic carbocycles. The summed E-state index contributed by atoms with van der Waals surface area (Å²) < 4.78 is 8.36. The maximum atomic E-state index is 12.9. The molecule has 1 saturated heterocycles. The van der Waals surface area contributed by atoms with Crippen molar-refractivity contribution in [1.82, 2.24) is 19.0 Å². The van der Waals surface area contributed by atoms with Crippen LogP contribution in [0.5, 0.6) is 0 Å². The molecule has 10 nitrogen and oxygen atoms in total. The molecule has 2 aliphatic rings. The zero-order chi connectivity index (χ0) is 21.7. The van der Waals surface area contributed by atoms with Gasteiger partial charge in [-0.15, -0.1) is 0 Å². The lowest BCUT2D eigenvalue weighted by molar-refractivity contribution is -0.130. The molecule has 31 heavy (non-hydrogen) atoms. The van der Waals surface area contributed by atoms with Crippen molar-refractivity contribution < 1.29 is 9.21 Å². The van der Waals surface area contributed by atoms with Crippen LogP contribution < -0.4 is 21.5 Å². The van der Waals surface area contributed by atoms with E-state index >= 15 is 0 Å². The highest BCUT2D eigenvalue weighted by Crippen LogP contribution is 2.30. The van der Waals surface area contributed by atoms with Crippen LogP contribution in [-0.2, 0) is 18.9 Å². The molecule has 3 aromatic rings. The Morgan fingerprint density at radius 1 is 1.16 bits per heavy atom. The number of carbonyl (C=O) groups is 1. The molecule has 5 rings (SSSR count). The number of hydrogen-bond donors (Lipinski definition) is 1. The number of oxazole rings is 1. The summed E-state index contributed by atoms with van der Waals surface area (Å²) in [4.78, 5) is 45.8. The van der Waals surface area contributed by atoms with Crippen molar-refractivity contribution in [2.75, 3.05) is 36.5 Å². The van der Waals surface area contributed by atoms with Crippen LogP contribution >= 0.6 is 0 Å². The number of anilines is 2. The van der Waals surface area contributed by atoms with Crippen LogP contribution in [-0.4, -0.2) is 51.2 Å². The van der Waals surface area contributed by atoms with E-state index in [-0.39, 0.29) is 18.4 Å². The fraction of sp³-hybridized carbons (Fsp3) is 0.429. The highest BCUT2D eigenvalue weighted by molar-refractivity contribution is 5.84. The fourth-order valence-electron chi connectivity index (χ4n) is 4.40. The first-order valence-corrected chi connectivity index (χ1v) is 10.4. The standard InChI is InChI=1S/C21H24N6O4/c1-24-18-17(20(29)25(2)21(24)30)27(12-22-18)11-16(28)26-9-7-13(8-10-26)19-23-14-5-3-4-6-15(14)31-19/h3-6,13,22H,7-12H2,1-2H3. The molecule has 2 aromatic heterocycles. The first kappa shape index (κ1) is 19.4. The summed E-state index contributed by atoms with van der Waals surface area (Å²) in [5, 5.41) is 3.06. The minimum atomic E-state index is -0.398. The van der Waals surface area contributed by atoms with Gasteiger partial charge in [-0.25, -0.2) is 9.78 Å². The number of rotatable bonds is 3. The average molecular weight is 424 g/mol. The lowest BCUT2D eigenvalue weighted by atomic mass is 9.97. The molecule has 0 atom stereocenters. The Labute approximate surface area is 177 Å². The molecule has 1 N–H and O–H groups in total. The van der Waals surface area contributed by atoms with Gasteiger partial charge in [-0.3, -0.25) is 18.7 Å². The average Bonchev–Trinajstić information content (AvgIpc) is 3.41. The molecule has 1 amide bonds. The summed E-state index contributed by atoms with van der Waals surface area (Å²) in [7, 11) is 3.05. The first-order chi connectivity index (χ1) is 14.9. The van der Waals surface area contributed by atoms with Crippen molar-refractivity contribution in [1.29, 1.82) is 0 Å². The van der Waals surface area contributed by atoms with Crippen molar-refractivity contribution >= 4 is 28.5 Å². The molecule has 1 fully saturated rings. The predicted octanol–water partition coefficient (Wildman–Crippen LogP) is 0.821. The van der Waals surface area contributed by atoms with Crippen LogP contribution in [0.1, 0.15) is 24.7 Å². The van der Waals surface area contributed by atoms with E-state index in [1.54, 1.807) is 11.9 Å². The Morgan fingerprint density at radius 3 is 2.65 bits per heavy atom. The second-order valence-electron chi connectivity index (χ2n) is 8.11. The van der Waals surface area contributed by atoms with E-state index in [1.165, 1.54) is 11.6 Å². The quantitative estimate of drug-likeness (QED) is 0.664. The fourth-order valence-corrected chi connectivity index (χ4v) is 4.40. The minimum Gasteiger partial charge on any atom is -0.440 e. The molecule has 1 aromatic carbocycles. The number of fused-ring (bicyclic) bond motifs is 2. The smallest absolute Gasteiger partial charge is 0.332 e. The molecular formula is C21H24N6O4. The summed E-state index contributed by atoms with van der Waals surface area (Å²) in [6.45, 7) is 1.62. The number of likely N-dealkylation sites (tertiary alicyclic amines) is 1. The van der Waals surface area contributed by atoms with Crippen molar-refractivity contribution in [3.63, 3.8) is 0 Å². The van der Waals surface area contributed by atoms with Gasteiger partial charge in [-0.1, -0.05) is 12.1 Å². The van der Waals surface area contributed by atoms with Gasteiger partial charge in [0.05, 0.1) is 13.2 Å². The molecular weight excluding hydrogens is 400 g/mol. The maximum Gasteiger partial charge on any atom is 0.332 e. The van der Waals surface area contributed by atoms with Crippen molar-refractivity contribution in [3.05, 3.63) is 51.0 Å². The highest BCUT2D eigenvalue weighted by Gasteiger charge is 2.31. The van der Waals surface area contributed by atoms with Crippen LogP contribution in [0.4, 0.5) is 11.5 Å². The molecule has 162 valence electrons. The summed E-state index contributed by atoms with van der Waals surface area (Å²) in [5.74, 6) is 1.33. The van der Waals surface area contributed by atoms with Crippen LogP contribution in [0.2, 0.25) is 0 Å². The lowest BCUT2D eigenvalue weighted by Crippen LogP contribution is -2.45. The molecule has 0 bridgehead atoms. The van der Waals surface area contributed by atoms with Gasteiger partial charge in [0.15, 0.2) is 11.5 Å². The number of benzene rings is 1. The third-order valence-corrected chi connectivity index (χ3v) is 6.23. The van der Waals surface area contributed by atoms with Gasteiger partial charge in [0.1, 0.15) is 17.0 Å². The molecule has 2 aliphatic heterocycles. The Hall–Kier alpha value is -3.56. The van der Waals surface area contributed by atoms with E-state index in [0.29, 0.717) is 31.3 Å². The highest BCUT2D eigenvalue weighted by atomic mass is 16.3. The first-order valence-electron chi connectivity index (χ1n) is 10.4. The molecule has 0 spiro atoms. The van der Waals surface area contributed by atoms with E-state index < -0.39 is 11.2 Å². The van der Waals surface area contributed by atoms with Gasteiger partial charge in [0, 0.05) is 33.1 Å². The second-order valence-corrected chi connectivity index (χ2v) is 8.11. The lowest BCUT2D eigenvalue weighted by Gasteiger charge is -2.32. The summed E-state index contributed by atoms with van der Waals surface area (Å²) >= 11 is 0. The van der Waals surface area contributed by atoms with E-state index in [9.17, 15) is 14.4 Å². The summed E-state index contributed by atoms with van der Waals surface area (Å²) in [6.07, 6.45) is 1.56. The minimum absolute atomic E-state index is 0.0402. The Bertz CT molecular complexity index is 1250. The van der Waals surface area contributed by atoms with Crippen molar-refractivity contribution in [2.45, 2.75) is 18.8 Å².